The van der Waals surface area contributed by atoms with Gasteiger partial charge in [-0.3, -0.25) is 0 Å². The largest absolute Gasteiger partial charge is 0.458 e. The third-order valence-corrected chi connectivity index (χ3v) is 4.44. The average Bonchev–Trinajstić information content (AvgIpc) is 2.62. The van der Waals surface area contributed by atoms with E-state index in [1.165, 1.54) is 12.1 Å². The highest BCUT2D eigenvalue weighted by molar-refractivity contribution is 7.91. The number of ether oxygens (including phenoxy) is 1. The maximum atomic E-state index is 13.1. The van der Waals surface area contributed by atoms with Gasteiger partial charge >= 0.3 is 5.97 Å². The van der Waals surface area contributed by atoms with Gasteiger partial charge in [0.2, 0.25) is 0 Å². The van der Waals surface area contributed by atoms with Crippen molar-refractivity contribution in [3.05, 3.63) is 29.6 Å². The summed E-state index contributed by atoms with van der Waals surface area (Å²) >= 11 is 0. The van der Waals surface area contributed by atoms with E-state index in [1.54, 1.807) is 0 Å². The standard InChI is InChI=1S/C11H12FNO4S/c12-9-5-7(1-2-10(9)13)11(14)17-8-3-4-18(15,16)6-8/h1-2,5,8H,3-4,6,13H2. The monoisotopic (exact) mass is 273 g/mol. The van der Waals surface area contributed by atoms with Crippen molar-refractivity contribution >= 4 is 21.5 Å². The summed E-state index contributed by atoms with van der Waals surface area (Å²) in [6, 6.07) is 3.57. The van der Waals surface area contributed by atoms with Crippen LogP contribution in [-0.2, 0) is 14.6 Å². The van der Waals surface area contributed by atoms with Crippen LogP contribution in [0.15, 0.2) is 18.2 Å². The van der Waals surface area contributed by atoms with Crippen LogP contribution in [0.5, 0.6) is 0 Å². The van der Waals surface area contributed by atoms with Gasteiger partial charge in [-0.2, -0.15) is 0 Å². The second-order valence-corrected chi connectivity index (χ2v) is 6.40. The van der Waals surface area contributed by atoms with Gasteiger partial charge in [-0.05, 0) is 24.6 Å². The molecule has 1 aromatic carbocycles. The lowest BCUT2D eigenvalue weighted by Crippen LogP contribution is -2.19. The van der Waals surface area contributed by atoms with Crippen molar-refractivity contribution in [1.82, 2.24) is 0 Å². The maximum absolute atomic E-state index is 13.1. The van der Waals surface area contributed by atoms with E-state index in [0.717, 1.165) is 6.07 Å². The van der Waals surface area contributed by atoms with E-state index in [4.69, 9.17) is 10.5 Å². The molecule has 0 spiro atoms. The van der Waals surface area contributed by atoms with Crippen molar-refractivity contribution in [2.24, 2.45) is 0 Å². The fraction of sp³-hybridized carbons (Fsp3) is 0.364. The van der Waals surface area contributed by atoms with Gasteiger partial charge in [-0.1, -0.05) is 0 Å². The summed E-state index contributed by atoms with van der Waals surface area (Å²) < 4.78 is 40.5. The fourth-order valence-electron chi connectivity index (χ4n) is 1.73. The first-order chi connectivity index (χ1) is 8.37. The van der Waals surface area contributed by atoms with Crippen molar-refractivity contribution < 1.29 is 22.3 Å². The molecule has 0 saturated carbocycles. The van der Waals surface area contributed by atoms with E-state index in [2.05, 4.69) is 0 Å². The molecule has 0 amide bonds. The third kappa shape index (κ3) is 2.79. The number of esters is 1. The van der Waals surface area contributed by atoms with Gasteiger partial charge in [0.15, 0.2) is 9.84 Å². The zero-order valence-electron chi connectivity index (χ0n) is 9.43. The number of anilines is 1. The molecule has 18 heavy (non-hydrogen) atoms. The Hall–Kier alpha value is -1.63. The molecule has 1 aliphatic heterocycles. The summed E-state index contributed by atoms with van der Waals surface area (Å²) in [6.45, 7) is 0. The highest BCUT2D eigenvalue weighted by atomic mass is 32.2. The Bertz CT molecular complexity index is 585. The van der Waals surface area contributed by atoms with E-state index < -0.39 is 27.7 Å². The Labute approximate surface area is 104 Å². The number of benzene rings is 1. The van der Waals surface area contributed by atoms with Crippen LogP contribution in [0.4, 0.5) is 10.1 Å². The number of sulfone groups is 1. The molecule has 0 aliphatic carbocycles. The molecule has 1 unspecified atom stereocenters. The Morgan fingerprint density at radius 2 is 2.17 bits per heavy atom. The molecule has 98 valence electrons. The molecule has 1 aromatic rings. The first-order valence-electron chi connectivity index (χ1n) is 5.34. The first-order valence-corrected chi connectivity index (χ1v) is 7.16. The van der Waals surface area contributed by atoms with Gasteiger partial charge in [-0.15, -0.1) is 0 Å². The molecule has 1 atom stereocenters. The summed E-state index contributed by atoms with van der Waals surface area (Å²) in [5.41, 5.74) is 5.24. The van der Waals surface area contributed by atoms with Crippen LogP contribution in [-0.4, -0.2) is 32.0 Å². The summed E-state index contributed by atoms with van der Waals surface area (Å²) in [6.07, 6.45) is -0.367. The second kappa shape index (κ2) is 4.56. The number of hydrogen-bond acceptors (Lipinski definition) is 5. The number of hydrogen-bond donors (Lipinski definition) is 1. The van der Waals surface area contributed by atoms with Crippen LogP contribution in [0.25, 0.3) is 0 Å². The third-order valence-electron chi connectivity index (χ3n) is 2.70. The summed E-state index contributed by atoms with van der Waals surface area (Å²) in [4.78, 5) is 11.7. The predicted molar refractivity (Wildman–Crippen MR) is 63.3 cm³/mol. The fourth-order valence-corrected chi connectivity index (χ4v) is 3.32. The van der Waals surface area contributed by atoms with Crippen LogP contribution in [0, 0.1) is 5.82 Å². The molecular formula is C11H12FNO4S. The minimum Gasteiger partial charge on any atom is -0.458 e. The molecule has 0 aromatic heterocycles. The molecule has 5 nitrogen and oxygen atoms in total. The normalized spacial score (nSPS) is 21.7. The van der Waals surface area contributed by atoms with Crippen molar-refractivity contribution in [2.45, 2.75) is 12.5 Å². The molecule has 2 rings (SSSR count). The summed E-state index contributed by atoms with van der Waals surface area (Å²) in [5, 5.41) is 0. The highest BCUT2D eigenvalue weighted by Crippen LogP contribution is 2.18. The molecule has 7 heteroatoms. The molecule has 2 N–H and O–H groups in total. The molecule has 0 bridgehead atoms. The van der Waals surface area contributed by atoms with Gasteiger partial charge in [-0.25, -0.2) is 17.6 Å². The molecule has 1 heterocycles. The van der Waals surface area contributed by atoms with Crippen LogP contribution >= 0.6 is 0 Å². The van der Waals surface area contributed by atoms with Crippen LogP contribution in [0.1, 0.15) is 16.8 Å². The minimum absolute atomic E-state index is 0.0149. The highest BCUT2D eigenvalue weighted by Gasteiger charge is 2.31. The Morgan fingerprint density at radius 1 is 1.44 bits per heavy atom. The van der Waals surface area contributed by atoms with E-state index >= 15 is 0 Å². The van der Waals surface area contributed by atoms with Crippen LogP contribution in [0.3, 0.4) is 0 Å². The molecule has 1 fully saturated rings. The van der Waals surface area contributed by atoms with Gasteiger partial charge < -0.3 is 10.5 Å². The zero-order chi connectivity index (χ0) is 13.3. The molecule has 0 radical (unpaired) electrons. The molecule has 1 aliphatic rings. The maximum Gasteiger partial charge on any atom is 0.338 e. The number of halogens is 1. The van der Waals surface area contributed by atoms with Gasteiger partial charge in [0.25, 0.3) is 0 Å². The average molecular weight is 273 g/mol. The number of carbonyl (C=O) groups is 1. The molecule has 1 saturated heterocycles. The second-order valence-electron chi connectivity index (χ2n) is 4.17. The SMILES string of the molecule is Nc1ccc(C(=O)OC2CCS(=O)(=O)C2)cc1F. The Morgan fingerprint density at radius 3 is 2.72 bits per heavy atom. The number of nitrogens with two attached hydrogens (primary N) is 1. The lowest BCUT2D eigenvalue weighted by atomic mass is 10.2. The van der Waals surface area contributed by atoms with Crippen molar-refractivity contribution in [3.63, 3.8) is 0 Å². The Kier molecular flexibility index (Phi) is 3.25. The lowest BCUT2D eigenvalue weighted by Gasteiger charge is -2.10. The van der Waals surface area contributed by atoms with Crippen molar-refractivity contribution in [1.29, 1.82) is 0 Å². The Balaban J connectivity index is 2.06. The minimum atomic E-state index is -3.11. The topological polar surface area (TPSA) is 86.5 Å². The van der Waals surface area contributed by atoms with E-state index in [9.17, 15) is 17.6 Å². The summed E-state index contributed by atoms with van der Waals surface area (Å²) in [5.74, 6) is -1.60. The van der Waals surface area contributed by atoms with Gasteiger partial charge in [0, 0.05) is 0 Å². The van der Waals surface area contributed by atoms with Crippen molar-refractivity contribution in [3.8, 4) is 0 Å². The van der Waals surface area contributed by atoms with Gasteiger partial charge in [0.05, 0.1) is 22.8 Å². The van der Waals surface area contributed by atoms with E-state index in [1.807, 2.05) is 0 Å². The number of rotatable bonds is 2. The zero-order valence-corrected chi connectivity index (χ0v) is 10.2. The smallest absolute Gasteiger partial charge is 0.338 e. The van der Waals surface area contributed by atoms with Crippen molar-refractivity contribution in [2.75, 3.05) is 17.2 Å². The first kappa shape index (κ1) is 12.8. The van der Waals surface area contributed by atoms with E-state index in [0.29, 0.717) is 0 Å². The lowest BCUT2D eigenvalue weighted by molar-refractivity contribution is 0.0356. The van der Waals surface area contributed by atoms with E-state index in [-0.39, 0.29) is 29.2 Å². The number of carbonyl (C=O) groups excluding carboxylic acids is 1. The quantitative estimate of drug-likeness (QED) is 0.634. The predicted octanol–water partition coefficient (Wildman–Crippen LogP) is 0.752. The van der Waals surface area contributed by atoms with Crippen LogP contribution in [0.2, 0.25) is 0 Å². The molecular weight excluding hydrogens is 261 g/mol. The van der Waals surface area contributed by atoms with Gasteiger partial charge in [0.1, 0.15) is 11.9 Å². The number of nitrogen functional groups attached to an aromatic ring is 1. The summed E-state index contributed by atoms with van der Waals surface area (Å²) in [7, 11) is -3.11. The van der Waals surface area contributed by atoms with Crippen LogP contribution < -0.4 is 5.73 Å².